The monoisotopic (exact) mass is 474 g/mol. The molecule has 0 fully saturated rings. The first-order chi connectivity index (χ1) is 16.0. The number of aliphatic hydroxyl groups is 1. The van der Waals surface area contributed by atoms with Crippen LogP contribution < -0.4 is 0 Å². The second-order valence-corrected chi connectivity index (χ2v) is 8.32. The number of aliphatic hydroxyl groups excluding tert-OH is 1. The van der Waals surface area contributed by atoms with Crippen molar-refractivity contribution in [3.63, 3.8) is 0 Å². The van der Waals surface area contributed by atoms with Crippen LogP contribution in [0.5, 0.6) is 0 Å². The zero-order valence-electron chi connectivity index (χ0n) is 21.0. The third-order valence-electron chi connectivity index (χ3n) is 5.38. The molecule has 0 aliphatic heterocycles. The summed E-state index contributed by atoms with van der Waals surface area (Å²) >= 11 is 0. The topological polar surface area (TPSA) is 108 Å². The van der Waals surface area contributed by atoms with Crippen LogP contribution >= 0.6 is 0 Å². The van der Waals surface area contributed by atoms with Gasteiger partial charge < -0.3 is 24.1 Å². The lowest BCUT2D eigenvalue weighted by atomic mass is 9.91. The van der Waals surface area contributed by atoms with E-state index in [1.807, 2.05) is 0 Å². The summed E-state index contributed by atoms with van der Waals surface area (Å²) in [5, 5.41) is 8.69. The van der Waals surface area contributed by atoms with E-state index in [0.29, 0.717) is 6.61 Å². The molecule has 0 aliphatic rings. The van der Waals surface area contributed by atoms with Crippen LogP contribution in [0, 0.1) is 11.8 Å². The lowest BCUT2D eigenvalue weighted by Gasteiger charge is -2.21. The maximum absolute atomic E-state index is 12.7. The van der Waals surface area contributed by atoms with Gasteiger partial charge in [0, 0.05) is 0 Å². The summed E-state index contributed by atoms with van der Waals surface area (Å²) in [6.45, 7) is 6.63. The van der Waals surface area contributed by atoms with E-state index in [2.05, 4.69) is 13.8 Å². The Morgan fingerprint density at radius 3 is 1.76 bits per heavy atom. The van der Waals surface area contributed by atoms with E-state index in [1.165, 1.54) is 0 Å². The average molecular weight is 475 g/mol. The molecule has 2 atom stereocenters. The summed E-state index contributed by atoms with van der Waals surface area (Å²) in [6, 6.07) is 0. The smallest absolute Gasteiger partial charge is 0.310 e. The molecular formula is C25H46O8. The van der Waals surface area contributed by atoms with Crippen molar-refractivity contribution in [2.75, 3.05) is 39.6 Å². The van der Waals surface area contributed by atoms with Gasteiger partial charge in [-0.15, -0.1) is 0 Å². The van der Waals surface area contributed by atoms with E-state index in [1.54, 1.807) is 6.92 Å². The van der Waals surface area contributed by atoms with Crippen molar-refractivity contribution >= 4 is 17.9 Å². The zero-order chi connectivity index (χ0) is 24.7. The Morgan fingerprint density at radius 2 is 1.21 bits per heavy atom. The minimum Gasteiger partial charge on any atom is -0.465 e. The van der Waals surface area contributed by atoms with Crippen molar-refractivity contribution in [3.8, 4) is 0 Å². The molecule has 194 valence electrons. The highest BCUT2D eigenvalue weighted by Crippen LogP contribution is 2.21. The molecule has 0 bridgehead atoms. The first-order valence-electron chi connectivity index (χ1n) is 12.6. The van der Waals surface area contributed by atoms with Crippen molar-refractivity contribution in [1.82, 2.24) is 0 Å². The summed E-state index contributed by atoms with van der Waals surface area (Å²) in [7, 11) is 0. The number of ether oxygens (including phenoxy) is 4. The molecule has 0 saturated heterocycles. The summed E-state index contributed by atoms with van der Waals surface area (Å²) in [6.07, 6.45) is 9.99. The van der Waals surface area contributed by atoms with Gasteiger partial charge in [0.2, 0.25) is 0 Å². The van der Waals surface area contributed by atoms with E-state index >= 15 is 0 Å². The maximum Gasteiger partial charge on any atom is 0.310 e. The Kier molecular flexibility index (Phi) is 21.0. The third-order valence-corrected chi connectivity index (χ3v) is 5.38. The van der Waals surface area contributed by atoms with Crippen molar-refractivity contribution in [2.45, 2.75) is 91.4 Å². The van der Waals surface area contributed by atoms with Crippen LogP contribution in [0.1, 0.15) is 91.4 Å². The summed E-state index contributed by atoms with van der Waals surface area (Å²) in [4.78, 5) is 37.4. The Labute approximate surface area is 199 Å². The molecule has 0 amide bonds. The van der Waals surface area contributed by atoms with Gasteiger partial charge in [0.1, 0.15) is 6.61 Å². The van der Waals surface area contributed by atoms with E-state index in [0.717, 1.165) is 64.2 Å². The van der Waals surface area contributed by atoms with Gasteiger partial charge in [-0.2, -0.15) is 0 Å². The first kappa shape index (κ1) is 31.3. The Hall–Kier alpha value is -1.67. The highest BCUT2D eigenvalue weighted by Gasteiger charge is 2.35. The predicted molar refractivity (Wildman–Crippen MR) is 126 cm³/mol. The van der Waals surface area contributed by atoms with Gasteiger partial charge in [-0.1, -0.05) is 72.1 Å². The Bertz CT molecular complexity index is 509. The summed E-state index contributed by atoms with van der Waals surface area (Å²) in [5.41, 5.74) is 0. The molecule has 0 aliphatic carbocycles. The zero-order valence-corrected chi connectivity index (χ0v) is 21.0. The maximum atomic E-state index is 12.7. The van der Waals surface area contributed by atoms with Crippen molar-refractivity contribution < 1.29 is 38.4 Å². The van der Waals surface area contributed by atoms with E-state index < -0.39 is 29.7 Å². The lowest BCUT2D eigenvalue weighted by molar-refractivity contribution is -0.164. The van der Waals surface area contributed by atoms with Crippen LogP contribution in [-0.4, -0.2) is 62.7 Å². The normalized spacial score (nSPS) is 12.7. The fourth-order valence-corrected chi connectivity index (χ4v) is 3.24. The number of carbonyl (C=O) groups excluding carboxylic acids is 3. The Morgan fingerprint density at radius 1 is 0.667 bits per heavy atom. The number of unbranched alkanes of at least 4 members (excludes halogenated alkanes) is 8. The van der Waals surface area contributed by atoms with Gasteiger partial charge in [-0.05, 0) is 12.8 Å². The van der Waals surface area contributed by atoms with Crippen LogP contribution in [0.25, 0.3) is 0 Å². The number of esters is 3. The summed E-state index contributed by atoms with van der Waals surface area (Å²) in [5.74, 6) is -3.46. The largest absolute Gasteiger partial charge is 0.465 e. The van der Waals surface area contributed by atoms with Crippen LogP contribution in [0.15, 0.2) is 0 Å². The molecule has 8 heteroatoms. The molecular weight excluding hydrogens is 428 g/mol. The van der Waals surface area contributed by atoms with Crippen molar-refractivity contribution in [3.05, 3.63) is 0 Å². The van der Waals surface area contributed by atoms with Gasteiger partial charge in [0.15, 0.2) is 0 Å². The number of hydrogen-bond donors (Lipinski definition) is 1. The lowest BCUT2D eigenvalue weighted by Crippen LogP contribution is -2.33. The SMILES string of the molecule is CCCCCCCOC(=O)C(C)C(CC(=O)OCCOCCO)C(=O)OCCCCCCC. The molecule has 0 heterocycles. The number of carbonyl (C=O) groups is 3. The molecule has 0 aromatic carbocycles. The van der Waals surface area contributed by atoms with Crippen molar-refractivity contribution in [1.29, 1.82) is 0 Å². The van der Waals surface area contributed by atoms with Crippen LogP contribution in [-0.2, 0) is 33.3 Å². The molecule has 2 unspecified atom stereocenters. The number of rotatable bonds is 22. The van der Waals surface area contributed by atoms with Crippen LogP contribution in [0.2, 0.25) is 0 Å². The fraction of sp³-hybridized carbons (Fsp3) is 0.880. The van der Waals surface area contributed by atoms with Crippen LogP contribution in [0.4, 0.5) is 0 Å². The molecule has 0 aromatic rings. The second kappa shape index (κ2) is 22.1. The molecule has 8 nitrogen and oxygen atoms in total. The predicted octanol–water partition coefficient (Wildman–Crippen LogP) is 4.21. The standard InChI is InChI=1S/C25H46O8/c1-4-6-8-10-12-15-32-24(28)21(3)22(20-23(27)31-19-18-30-17-14-26)25(29)33-16-13-11-9-7-5-2/h21-22,26H,4-20H2,1-3H3. The van der Waals surface area contributed by atoms with Gasteiger partial charge >= 0.3 is 17.9 Å². The van der Waals surface area contributed by atoms with Gasteiger partial charge in [-0.3, -0.25) is 14.4 Å². The molecule has 1 N–H and O–H groups in total. The molecule has 0 saturated carbocycles. The molecule has 33 heavy (non-hydrogen) atoms. The van der Waals surface area contributed by atoms with E-state index in [9.17, 15) is 14.4 Å². The highest BCUT2D eigenvalue weighted by atomic mass is 16.6. The summed E-state index contributed by atoms with van der Waals surface area (Å²) < 4.78 is 20.9. The first-order valence-corrected chi connectivity index (χ1v) is 12.6. The molecule has 0 spiro atoms. The fourth-order valence-electron chi connectivity index (χ4n) is 3.24. The molecule has 0 rings (SSSR count). The minimum atomic E-state index is -0.959. The third kappa shape index (κ3) is 17.5. The second-order valence-electron chi connectivity index (χ2n) is 8.32. The van der Waals surface area contributed by atoms with E-state index in [4.69, 9.17) is 24.1 Å². The average Bonchev–Trinajstić information content (AvgIpc) is 2.81. The minimum absolute atomic E-state index is 0.00855. The van der Waals surface area contributed by atoms with Gasteiger partial charge in [-0.25, -0.2) is 0 Å². The highest BCUT2D eigenvalue weighted by molar-refractivity contribution is 5.85. The number of hydrogen-bond acceptors (Lipinski definition) is 8. The van der Waals surface area contributed by atoms with Crippen LogP contribution in [0.3, 0.4) is 0 Å². The van der Waals surface area contributed by atoms with Gasteiger partial charge in [0.25, 0.3) is 0 Å². The molecule has 0 radical (unpaired) electrons. The van der Waals surface area contributed by atoms with Crippen molar-refractivity contribution in [2.24, 2.45) is 11.8 Å². The quantitative estimate of drug-likeness (QED) is 0.141. The van der Waals surface area contributed by atoms with Gasteiger partial charge in [0.05, 0.1) is 51.3 Å². The Balaban J connectivity index is 4.67. The van der Waals surface area contributed by atoms with E-state index in [-0.39, 0.29) is 39.5 Å². The molecule has 0 aromatic heterocycles.